The molecule has 0 radical (unpaired) electrons. The van der Waals surface area contributed by atoms with Gasteiger partial charge in [-0.15, -0.1) is 4.39 Å². The molecule has 3 heteroatoms. The lowest BCUT2D eigenvalue weighted by molar-refractivity contribution is -0.706. The van der Waals surface area contributed by atoms with E-state index >= 15 is 0 Å². The maximum absolute atomic E-state index is 12.5. The van der Waals surface area contributed by atoms with Crippen molar-refractivity contribution in [2.24, 2.45) is 0 Å². The van der Waals surface area contributed by atoms with E-state index in [4.69, 9.17) is 11.6 Å². The Hall–Kier alpha value is -0.630. The molecule has 0 bridgehead atoms. The Morgan fingerprint density at radius 2 is 2.33 bits per heavy atom. The molecule has 48 valence electrons. The summed E-state index contributed by atoms with van der Waals surface area (Å²) in [5.41, 5.74) is 0. The first-order chi connectivity index (χ1) is 4.34. The van der Waals surface area contributed by atoms with Gasteiger partial charge in [-0.25, -0.2) is 0 Å². The predicted octanol–water partition coefficient (Wildman–Crippen LogP) is 1.31. The zero-order chi connectivity index (χ0) is 6.69. The molecule has 0 unspecified atom stereocenters. The van der Waals surface area contributed by atoms with Crippen molar-refractivity contribution in [3.8, 4) is 0 Å². The summed E-state index contributed by atoms with van der Waals surface area (Å²) in [6, 6.07) is 4.87. The van der Waals surface area contributed by atoms with E-state index in [1.54, 1.807) is 18.3 Å². The highest BCUT2D eigenvalue weighted by molar-refractivity contribution is 6.14. The lowest BCUT2D eigenvalue weighted by Crippen LogP contribution is -2.34. The fourth-order valence-electron chi connectivity index (χ4n) is 0.552. The van der Waals surface area contributed by atoms with Crippen molar-refractivity contribution in [2.45, 2.75) is 6.00 Å². The summed E-state index contributed by atoms with van der Waals surface area (Å²) in [6.45, 7) is 0. The molecule has 0 saturated heterocycles. The monoisotopic (exact) mass is 146 g/mol. The van der Waals surface area contributed by atoms with E-state index in [-0.39, 0.29) is 12.0 Å². The van der Waals surface area contributed by atoms with Crippen LogP contribution in [0.4, 0.5) is 4.39 Å². The molecule has 0 atom stereocenters. The summed E-state index contributed by atoms with van der Waals surface area (Å²) in [5, 5.41) is 0. The second-order valence-electron chi connectivity index (χ2n) is 1.61. The molecule has 0 saturated carbocycles. The summed E-state index contributed by atoms with van der Waals surface area (Å²) in [5.74, 6) is -0.312. The zero-order valence-electron chi connectivity index (χ0n) is 4.72. The molecule has 0 spiro atoms. The van der Waals surface area contributed by atoms with Gasteiger partial charge in [0.25, 0.3) is 0 Å². The van der Waals surface area contributed by atoms with Gasteiger partial charge in [-0.3, -0.25) is 0 Å². The molecular formula is C6H6ClFN+. The second kappa shape index (κ2) is 2.78. The van der Waals surface area contributed by atoms with Crippen molar-refractivity contribution < 1.29 is 8.96 Å². The summed E-state index contributed by atoms with van der Waals surface area (Å²) in [7, 11) is 0. The maximum Gasteiger partial charge on any atom is 0.360 e. The topological polar surface area (TPSA) is 3.88 Å². The first-order valence-corrected chi connectivity index (χ1v) is 3.08. The Bertz CT molecular complexity index is 202. The van der Waals surface area contributed by atoms with Crippen LogP contribution in [0.2, 0.25) is 0 Å². The molecule has 1 nitrogen and oxygen atoms in total. The lowest BCUT2D eigenvalue weighted by atomic mass is 10.5. The molecule has 9 heavy (non-hydrogen) atoms. The van der Waals surface area contributed by atoms with E-state index in [0.29, 0.717) is 0 Å². The Labute approximate surface area is 57.7 Å². The number of pyridine rings is 1. The third-order valence-electron chi connectivity index (χ3n) is 1.01. The van der Waals surface area contributed by atoms with Crippen LogP contribution in [0.3, 0.4) is 0 Å². The molecule has 0 N–H and O–H groups in total. The van der Waals surface area contributed by atoms with Gasteiger partial charge in [-0.1, -0.05) is 0 Å². The van der Waals surface area contributed by atoms with Gasteiger partial charge in [0.15, 0.2) is 6.20 Å². The highest BCUT2D eigenvalue weighted by Gasteiger charge is 2.03. The predicted molar refractivity (Wildman–Crippen MR) is 32.4 cm³/mol. The van der Waals surface area contributed by atoms with Gasteiger partial charge in [-0.2, -0.15) is 4.57 Å². The van der Waals surface area contributed by atoms with E-state index < -0.39 is 0 Å². The zero-order valence-corrected chi connectivity index (χ0v) is 5.48. The number of hydrogen-bond acceptors (Lipinski definition) is 0. The van der Waals surface area contributed by atoms with Crippen molar-refractivity contribution in [2.75, 3.05) is 0 Å². The number of rotatable bonds is 1. The molecule has 1 aromatic rings. The number of nitrogens with zero attached hydrogens (tertiary/aromatic N) is 1. The summed E-state index contributed by atoms with van der Waals surface area (Å²) < 4.78 is 13.8. The van der Waals surface area contributed by atoms with Gasteiger partial charge in [0.05, 0.1) is 0 Å². The minimum absolute atomic E-state index is 0.159. The van der Waals surface area contributed by atoms with Gasteiger partial charge in [-0.05, 0) is 17.7 Å². The van der Waals surface area contributed by atoms with Gasteiger partial charge in [0.2, 0.25) is 6.00 Å². The van der Waals surface area contributed by atoms with Crippen molar-refractivity contribution in [1.82, 2.24) is 0 Å². The molecule has 0 aliphatic rings. The first-order valence-electron chi connectivity index (χ1n) is 2.54. The van der Waals surface area contributed by atoms with Crippen molar-refractivity contribution in [1.29, 1.82) is 0 Å². The van der Waals surface area contributed by atoms with Crippen LogP contribution in [0.15, 0.2) is 24.4 Å². The van der Waals surface area contributed by atoms with Crippen LogP contribution >= 0.6 is 11.6 Å². The third kappa shape index (κ3) is 1.39. The minimum Gasteiger partial charge on any atom is -0.159 e. The van der Waals surface area contributed by atoms with E-state index in [1.807, 2.05) is 0 Å². The van der Waals surface area contributed by atoms with Crippen molar-refractivity contribution in [3.05, 3.63) is 30.3 Å². The molecule has 0 aliphatic carbocycles. The van der Waals surface area contributed by atoms with Crippen LogP contribution in [-0.2, 0) is 6.00 Å². The van der Waals surface area contributed by atoms with Gasteiger partial charge < -0.3 is 0 Å². The van der Waals surface area contributed by atoms with Gasteiger partial charge >= 0.3 is 5.95 Å². The fourth-order valence-corrected chi connectivity index (χ4v) is 0.746. The van der Waals surface area contributed by atoms with E-state index in [1.165, 1.54) is 10.6 Å². The van der Waals surface area contributed by atoms with E-state index in [9.17, 15) is 4.39 Å². The fraction of sp³-hybridized carbons (Fsp3) is 0.167. The van der Waals surface area contributed by atoms with Crippen LogP contribution < -0.4 is 4.57 Å². The summed E-state index contributed by atoms with van der Waals surface area (Å²) >= 11 is 5.36. The maximum atomic E-state index is 12.5. The van der Waals surface area contributed by atoms with Crippen LogP contribution in [0, 0.1) is 5.95 Å². The molecule has 1 aromatic heterocycles. The van der Waals surface area contributed by atoms with E-state index in [2.05, 4.69) is 0 Å². The SMILES string of the molecule is Fc1cccc[n+]1CCl. The Morgan fingerprint density at radius 3 is 2.78 bits per heavy atom. The standard InChI is InChI=1S/C6H6ClFN/c7-5-9-4-2-1-3-6(9)8/h1-4H,5H2/q+1. The van der Waals surface area contributed by atoms with Gasteiger partial charge in [0, 0.05) is 12.1 Å². The molecule has 0 aromatic carbocycles. The highest BCUT2D eigenvalue weighted by atomic mass is 35.5. The minimum atomic E-state index is -0.312. The summed E-state index contributed by atoms with van der Waals surface area (Å²) in [6.07, 6.45) is 1.59. The normalized spacial score (nSPS) is 9.56. The molecular weight excluding hydrogens is 141 g/mol. The summed E-state index contributed by atoms with van der Waals surface area (Å²) in [4.78, 5) is 0. The van der Waals surface area contributed by atoms with Crippen LogP contribution in [-0.4, -0.2) is 0 Å². The Balaban J connectivity index is 3.01. The lowest BCUT2D eigenvalue weighted by Gasteiger charge is -1.87. The Kier molecular flexibility index (Phi) is 2.01. The molecule has 1 heterocycles. The van der Waals surface area contributed by atoms with Crippen LogP contribution in [0.25, 0.3) is 0 Å². The quantitative estimate of drug-likeness (QED) is 0.320. The smallest absolute Gasteiger partial charge is 0.159 e. The number of aromatic nitrogens is 1. The Morgan fingerprint density at radius 1 is 1.56 bits per heavy atom. The molecule has 0 fully saturated rings. The molecule has 0 amide bonds. The van der Waals surface area contributed by atoms with Gasteiger partial charge in [0.1, 0.15) is 0 Å². The largest absolute Gasteiger partial charge is 0.360 e. The second-order valence-corrected chi connectivity index (χ2v) is 1.85. The highest BCUT2D eigenvalue weighted by Crippen LogP contribution is 1.87. The molecule has 1 rings (SSSR count). The number of alkyl halides is 1. The first kappa shape index (κ1) is 6.49. The molecule has 0 aliphatic heterocycles. The van der Waals surface area contributed by atoms with E-state index in [0.717, 1.165) is 0 Å². The number of hydrogen-bond donors (Lipinski definition) is 0. The van der Waals surface area contributed by atoms with Crippen molar-refractivity contribution >= 4 is 11.6 Å². The average Bonchev–Trinajstić information content (AvgIpc) is 1.89. The number of halogens is 2. The van der Waals surface area contributed by atoms with Crippen molar-refractivity contribution in [3.63, 3.8) is 0 Å². The van der Waals surface area contributed by atoms with Crippen LogP contribution in [0.5, 0.6) is 0 Å². The third-order valence-corrected chi connectivity index (χ3v) is 1.27. The van der Waals surface area contributed by atoms with Crippen LogP contribution in [0.1, 0.15) is 0 Å². The average molecular weight is 147 g/mol.